The Hall–Kier alpha value is -2.53. The van der Waals surface area contributed by atoms with Crippen molar-refractivity contribution < 1.29 is 9.59 Å². The number of hydrogen-bond donors (Lipinski definition) is 0. The molecule has 0 saturated heterocycles. The molecule has 108 valence electrons. The Morgan fingerprint density at radius 2 is 1.50 bits per heavy atom. The van der Waals surface area contributed by atoms with E-state index in [1.54, 1.807) is 0 Å². The van der Waals surface area contributed by atoms with Crippen molar-refractivity contribution in [3.63, 3.8) is 0 Å². The summed E-state index contributed by atoms with van der Waals surface area (Å²) in [5.74, 6) is -0.555. The van der Waals surface area contributed by atoms with Gasteiger partial charge >= 0.3 is 0 Å². The summed E-state index contributed by atoms with van der Waals surface area (Å²) in [6.07, 6.45) is 0. The Morgan fingerprint density at radius 1 is 0.909 bits per heavy atom. The maximum atomic E-state index is 12.7. The molecule has 0 unspecified atom stereocenters. The number of amides is 2. The summed E-state index contributed by atoms with van der Waals surface area (Å²) in [5, 5.41) is 0.436. The summed E-state index contributed by atoms with van der Waals surface area (Å²) in [7, 11) is 0. The molecule has 0 atom stereocenters. The van der Waals surface area contributed by atoms with Crippen LogP contribution in [-0.4, -0.2) is 16.8 Å². The van der Waals surface area contributed by atoms with Gasteiger partial charge in [0.2, 0.25) is 5.13 Å². The Balaban J connectivity index is 1.91. The number of benzene rings is 2. The van der Waals surface area contributed by atoms with Gasteiger partial charge in [-0.1, -0.05) is 35.6 Å². The number of aromatic nitrogens is 1. The molecule has 0 N–H and O–H groups in total. The molecule has 0 aliphatic carbocycles. The maximum absolute atomic E-state index is 12.7. The second-order valence-electron chi connectivity index (χ2n) is 5.36. The standard InChI is InChI=1S/C17H12N2O2S/c1-9-7-8-10(2)14-13(9)15(20)19(16(14)21)17-18-11-5-3-4-6-12(11)22-17/h3-8H,1-2H3. The average molecular weight is 308 g/mol. The number of para-hydroxylation sites is 1. The lowest BCUT2D eigenvalue weighted by Crippen LogP contribution is -2.29. The molecule has 3 aromatic rings. The van der Waals surface area contributed by atoms with Gasteiger partial charge in [-0.2, -0.15) is 0 Å². The normalized spacial score (nSPS) is 14.0. The minimum Gasteiger partial charge on any atom is -0.268 e. The molecular formula is C17H12N2O2S. The number of imide groups is 1. The third-order valence-electron chi connectivity index (χ3n) is 3.93. The zero-order valence-electron chi connectivity index (χ0n) is 12.1. The smallest absolute Gasteiger partial charge is 0.268 e. The van der Waals surface area contributed by atoms with Gasteiger partial charge in [0.1, 0.15) is 0 Å². The minimum atomic E-state index is -0.278. The second-order valence-corrected chi connectivity index (χ2v) is 6.37. The number of hydrogen-bond acceptors (Lipinski definition) is 4. The largest absolute Gasteiger partial charge is 0.268 e. The molecule has 0 spiro atoms. The van der Waals surface area contributed by atoms with Gasteiger partial charge in [0.05, 0.1) is 21.3 Å². The first kappa shape index (κ1) is 13.2. The van der Waals surface area contributed by atoms with Crippen LogP contribution in [0.3, 0.4) is 0 Å². The average Bonchev–Trinajstić information content (AvgIpc) is 3.02. The second kappa shape index (κ2) is 4.48. The lowest BCUT2D eigenvalue weighted by atomic mass is 9.99. The minimum absolute atomic E-state index is 0.278. The van der Waals surface area contributed by atoms with Crippen LogP contribution in [0.4, 0.5) is 5.13 Å². The third kappa shape index (κ3) is 1.66. The molecule has 4 nitrogen and oxygen atoms in total. The molecule has 5 heteroatoms. The quantitative estimate of drug-likeness (QED) is 0.644. The molecule has 22 heavy (non-hydrogen) atoms. The first-order valence-corrected chi connectivity index (χ1v) is 7.74. The molecule has 2 aromatic carbocycles. The van der Waals surface area contributed by atoms with Crippen LogP contribution in [0.15, 0.2) is 36.4 Å². The number of fused-ring (bicyclic) bond motifs is 2. The molecule has 1 aromatic heterocycles. The summed E-state index contributed by atoms with van der Waals surface area (Å²) in [6, 6.07) is 11.4. The van der Waals surface area contributed by atoms with E-state index in [2.05, 4.69) is 4.98 Å². The fraction of sp³-hybridized carbons (Fsp3) is 0.118. The maximum Gasteiger partial charge on any atom is 0.268 e. The van der Waals surface area contributed by atoms with Gasteiger partial charge in [0.15, 0.2) is 0 Å². The van der Waals surface area contributed by atoms with Crippen molar-refractivity contribution in [3.05, 3.63) is 58.7 Å². The van der Waals surface area contributed by atoms with Crippen molar-refractivity contribution >= 4 is 38.5 Å². The monoisotopic (exact) mass is 308 g/mol. The molecule has 2 heterocycles. The van der Waals surface area contributed by atoms with Crippen molar-refractivity contribution in [2.24, 2.45) is 0 Å². The van der Waals surface area contributed by atoms with Crippen LogP contribution in [0, 0.1) is 13.8 Å². The van der Waals surface area contributed by atoms with E-state index in [1.807, 2.05) is 50.2 Å². The molecule has 1 aliphatic heterocycles. The van der Waals surface area contributed by atoms with Gasteiger partial charge in [0, 0.05) is 0 Å². The molecular weight excluding hydrogens is 296 g/mol. The Labute approximate surface area is 131 Å². The number of carbonyl (C=O) groups is 2. The van der Waals surface area contributed by atoms with E-state index in [0.29, 0.717) is 16.3 Å². The van der Waals surface area contributed by atoms with Crippen molar-refractivity contribution in [2.45, 2.75) is 13.8 Å². The van der Waals surface area contributed by atoms with Crippen LogP contribution in [0.1, 0.15) is 31.8 Å². The van der Waals surface area contributed by atoms with Crippen LogP contribution < -0.4 is 4.90 Å². The summed E-state index contributed by atoms with van der Waals surface area (Å²) < 4.78 is 0.961. The van der Waals surface area contributed by atoms with Gasteiger partial charge in [0.25, 0.3) is 11.8 Å². The highest BCUT2D eigenvalue weighted by atomic mass is 32.1. The number of rotatable bonds is 1. The predicted molar refractivity (Wildman–Crippen MR) is 86.7 cm³/mol. The zero-order valence-corrected chi connectivity index (χ0v) is 12.9. The van der Waals surface area contributed by atoms with Crippen molar-refractivity contribution in [3.8, 4) is 0 Å². The fourth-order valence-electron chi connectivity index (χ4n) is 2.81. The number of thiazole rings is 1. The molecule has 0 radical (unpaired) electrons. The molecule has 0 fully saturated rings. The van der Waals surface area contributed by atoms with Gasteiger partial charge in [-0.3, -0.25) is 9.59 Å². The molecule has 2 amide bonds. The Morgan fingerprint density at radius 3 is 2.09 bits per heavy atom. The summed E-state index contributed by atoms with van der Waals surface area (Å²) >= 11 is 1.36. The number of anilines is 1. The van der Waals surface area contributed by atoms with E-state index < -0.39 is 0 Å². The van der Waals surface area contributed by atoms with Crippen LogP contribution in [0.2, 0.25) is 0 Å². The number of aryl methyl sites for hydroxylation is 2. The third-order valence-corrected chi connectivity index (χ3v) is 4.95. The van der Waals surface area contributed by atoms with Gasteiger partial charge < -0.3 is 0 Å². The van der Waals surface area contributed by atoms with Gasteiger partial charge in [-0.25, -0.2) is 9.88 Å². The van der Waals surface area contributed by atoms with Gasteiger partial charge in [-0.15, -0.1) is 0 Å². The van der Waals surface area contributed by atoms with Crippen molar-refractivity contribution in [1.82, 2.24) is 4.98 Å². The van der Waals surface area contributed by atoms with E-state index in [-0.39, 0.29) is 11.8 Å². The van der Waals surface area contributed by atoms with Crippen molar-refractivity contribution in [2.75, 3.05) is 4.90 Å². The summed E-state index contributed by atoms with van der Waals surface area (Å²) in [4.78, 5) is 31.1. The fourth-order valence-corrected chi connectivity index (χ4v) is 3.77. The number of carbonyl (C=O) groups excluding carboxylic acids is 2. The summed E-state index contributed by atoms with van der Waals surface area (Å²) in [6.45, 7) is 3.70. The van der Waals surface area contributed by atoms with E-state index in [9.17, 15) is 9.59 Å². The van der Waals surface area contributed by atoms with E-state index >= 15 is 0 Å². The highest BCUT2D eigenvalue weighted by Crippen LogP contribution is 2.36. The lowest BCUT2D eigenvalue weighted by molar-refractivity contribution is 0.0926. The van der Waals surface area contributed by atoms with Gasteiger partial charge in [-0.05, 0) is 37.1 Å². The van der Waals surface area contributed by atoms with E-state index in [1.165, 1.54) is 16.2 Å². The van der Waals surface area contributed by atoms with Crippen LogP contribution in [0.25, 0.3) is 10.2 Å². The molecule has 0 saturated carbocycles. The van der Waals surface area contributed by atoms with E-state index in [0.717, 1.165) is 21.3 Å². The van der Waals surface area contributed by atoms with Crippen LogP contribution in [0.5, 0.6) is 0 Å². The summed E-state index contributed by atoms with van der Waals surface area (Å²) in [5.41, 5.74) is 3.45. The zero-order chi connectivity index (χ0) is 15.4. The number of nitrogens with zero attached hydrogens (tertiary/aromatic N) is 2. The predicted octanol–water partition coefficient (Wildman–Crippen LogP) is 3.71. The first-order valence-electron chi connectivity index (χ1n) is 6.92. The molecule has 1 aliphatic rings. The Kier molecular flexibility index (Phi) is 2.68. The Bertz CT molecular complexity index is 884. The topological polar surface area (TPSA) is 50.3 Å². The van der Waals surface area contributed by atoms with Crippen LogP contribution in [-0.2, 0) is 0 Å². The van der Waals surface area contributed by atoms with Crippen molar-refractivity contribution in [1.29, 1.82) is 0 Å². The highest BCUT2D eigenvalue weighted by molar-refractivity contribution is 7.22. The SMILES string of the molecule is Cc1ccc(C)c2c1C(=O)N(c1nc3ccccc3s1)C2=O. The highest BCUT2D eigenvalue weighted by Gasteiger charge is 2.40. The lowest BCUT2D eigenvalue weighted by Gasteiger charge is -2.08. The molecule has 0 bridgehead atoms. The first-order chi connectivity index (χ1) is 10.6. The van der Waals surface area contributed by atoms with E-state index in [4.69, 9.17) is 0 Å². The molecule has 4 rings (SSSR count). The van der Waals surface area contributed by atoms with Crippen LogP contribution >= 0.6 is 11.3 Å².